The third-order valence-electron chi connectivity index (χ3n) is 3.55. The van der Waals surface area contributed by atoms with Gasteiger partial charge in [-0.05, 0) is 25.0 Å². The van der Waals surface area contributed by atoms with Crippen molar-refractivity contribution in [2.45, 2.75) is 18.6 Å². The maximum atomic E-state index is 12.0. The summed E-state index contributed by atoms with van der Waals surface area (Å²) in [6.45, 7) is 2.61. The zero-order valence-corrected chi connectivity index (χ0v) is 12.5. The Hall–Kier alpha value is -1.56. The van der Waals surface area contributed by atoms with E-state index in [-0.39, 0.29) is 19.1 Å². The van der Waals surface area contributed by atoms with Crippen LogP contribution >= 0.6 is 0 Å². The highest BCUT2D eigenvalue weighted by molar-refractivity contribution is 7.91. The summed E-state index contributed by atoms with van der Waals surface area (Å²) in [4.78, 5) is 13.6. The number of rotatable bonds is 4. The number of benzene rings is 1. The quantitative estimate of drug-likeness (QED) is 0.832. The lowest BCUT2D eigenvalue weighted by Gasteiger charge is -2.17. The second kappa shape index (κ2) is 5.83. The van der Waals surface area contributed by atoms with Gasteiger partial charge >= 0.3 is 0 Å². The topological polar surface area (TPSA) is 63.7 Å². The molecule has 1 aliphatic rings. The summed E-state index contributed by atoms with van der Waals surface area (Å²) < 4.78 is 28.4. The normalized spacial score (nSPS) is 19.1. The predicted octanol–water partition coefficient (Wildman–Crippen LogP) is 1.02. The molecular formula is C14H19NO4S. The molecule has 1 aromatic carbocycles. The highest BCUT2D eigenvalue weighted by atomic mass is 32.2. The Bertz CT molecular complexity index is 597. The summed E-state index contributed by atoms with van der Waals surface area (Å²) in [5.74, 6) is 0.513. The Balaban J connectivity index is 1.89. The fourth-order valence-corrected chi connectivity index (χ4v) is 3.24. The lowest BCUT2D eigenvalue weighted by Crippen LogP contribution is -2.35. The number of nitrogens with zero attached hydrogens (tertiary/aromatic N) is 1. The molecule has 2 rings (SSSR count). The molecule has 1 amide bonds. The molecule has 1 heterocycles. The summed E-state index contributed by atoms with van der Waals surface area (Å²) in [6.07, 6.45) is 1.73. The fraction of sp³-hybridized carbons (Fsp3) is 0.500. The van der Waals surface area contributed by atoms with E-state index in [4.69, 9.17) is 4.74 Å². The lowest BCUT2D eigenvalue weighted by atomic mass is 10.2. The van der Waals surface area contributed by atoms with Crippen LogP contribution in [-0.4, -0.2) is 50.4 Å². The van der Waals surface area contributed by atoms with Crippen LogP contribution in [0, 0.1) is 6.92 Å². The molecule has 0 saturated carbocycles. The Morgan fingerprint density at radius 1 is 1.40 bits per heavy atom. The monoisotopic (exact) mass is 297 g/mol. The SMILES string of the molecule is Cc1ccccc1OCC(=O)N1CCC(S(C)(=O)=O)C1. The molecule has 0 radical (unpaired) electrons. The van der Waals surface area contributed by atoms with E-state index in [1.807, 2.05) is 31.2 Å². The Morgan fingerprint density at radius 2 is 2.10 bits per heavy atom. The number of carbonyl (C=O) groups is 1. The predicted molar refractivity (Wildman–Crippen MR) is 76.5 cm³/mol. The van der Waals surface area contributed by atoms with E-state index in [1.54, 1.807) is 4.90 Å². The van der Waals surface area contributed by atoms with Gasteiger partial charge < -0.3 is 9.64 Å². The third kappa shape index (κ3) is 3.50. The van der Waals surface area contributed by atoms with E-state index < -0.39 is 15.1 Å². The van der Waals surface area contributed by atoms with Crippen molar-refractivity contribution < 1.29 is 17.9 Å². The molecule has 0 aliphatic carbocycles. The van der Waals surface area contributed by atoms with Gasteiger partial charge in [0, 0.05) is 19.3 Å². The molecule has 1 unspecified atom stereocenters. The van der Waals surface area contributed by atoms with Crippen molar-refractivity contribution in [2.24, 2.45) is 0 Å². The molecule has 0 aromatic heterocycles. The van der Waals surface area contributed by atoms with Gasteiger partial charge in [-0.15, -0.1) is 0 Å². The summed E-state index contributed by atoms with van der Waals surface area (Å²) in [5.41, 5.74) is 0.968. The van der Waals surface area contributed by atoms with E-state index >= 15 is 0 Å². The van der Waals surface area contributed by atoms with Gasteiger partial charge in [-0.3, -0.25) is 4.79 Å². The number of para-hydroxylation sites is 1. The molecule has 0 spiro atoms. The van der Waals surface area contributed by atoms with E-state index in [9.17, 15) is 13.2 Å². The Kier molecular flexibility index (Phi) is 4.32. The van der Waals surface area contributed by atoms with Crippen LogP contribution in [0.15, 0.2) is 24.3 Å². The maximum Gasteiger partial charge on any atom is 0.260 e. The molecule has 110 valence electrons. The Labute approximate surface area is 119 Å². The summed E-state index contributed by atoms with van der Waals surface area (Å²) in [7, 11) is -3.08. The first kappa shape index (κ1) is 14.8. The highest BCUT2D eigenvalue weighted by Crippen LogP contribution is 2.18. The van der Waals surface area contributed by atoms with Crippen molar-refractivity contribution >= 4 is 15.7 Å². The second-order valence-electron chi connectivity index (χ2n) is 5.13. The first-order chi connectivity index (χ1) is 9.38. The van der Waals surface area contributed by atoms with Gasteiger partial charge in [0.05, 0.1) is 5.25 Å². The standard InChI is InChI=1S/C14H19NO4S/c1-11-5-3-4-6-13(11)19-10-14(16)15-8-7-12(9-15)20(2,17)18/h3-6,12H,7-10H2,1-2H3. The molecule has 5 nitrogen and oxygen atoms in total. The summed E-state index contributed by atoms with van der Waals surface area (Å²) in [6, 6.07) is 7.48. The molecular weight excluding hydrogens is 278 g/mol. The molecule has 6 heteroatoms. The lowest BCUT2D eigenvalue weighted by molar-refractivity contribution is -0.132. The first-order valence-corrected chi connectivity index (χ1v) is 8.48. The average molecular weight is 297 g/mol. The van der Waals surface area contributed by atoms with Gasteiger partial charge in [0.15, 0.2) is 16.4 Å². The Morgan fingerprint density at radius 3 is 2.70 bits per heavy atom. The van der Waals surface area contributed by atoms with E-state index in [1.165, 1.54) is 6.26 Å². The third-order valence-corrected chi connectivity index (χ3v) is 5.14. The number of ether oxygens (including phenoxy) is 1. The number of amides is 1. The van der Waals surface area contributed by atoms with Crippen molar-refractivity contribution in [1.29, 1.82) is 0 Å². The van der Waals surface area contributed by atoms with Crippen LogP contribution in [0.2, 0.25) is 0 Å². The molecule has 1 aromatic rings. The first-order valence-electron chi connectivity index (χ1n) is 6.53. The number of hydrogen-bond donors (Lipinski definition) is 0. The van der Waals surface area contributed by atoms with E-state index in [0.29, 0.717) is 18.7 Å². The molecule has 20 heavy (non-hydrogen) atoms. The molecule has 0 N–H and O–H groups in total. The van der Waals surface area contributed by atoms with Crippen molar-refractivity contribution in [3.05, 3.63) is 29.8 Å². The second-order valence-corrected chi connectivity index (χ2v) is 7.46. The molecule has 0 bridgehead atoms. The summed E-state index contributed by atoms with van der Waals surface area (Å²) in [5, 5.41) is -0.440. The van der Waals surface area contributed by atoms with E-state index in [0.717, 1.165) is 5.56 Å². The van der Waals surface area contributed by atoms with Gasteiger partial charge in [-0.25, -0.2) is 8.42 Å². The van der Waals surface area contributed by atoms with Crippen LogP contribution in [0.5, 0.6) is 5.75 Å². The van der Waals surface area contributed by atoms with Gasteiger partial charge in [0.25, 0.3) is 5.91 Å². The van der Waals surface area contributed by atoms with Crippen LogP contribution in [0.25, 0.3) is 0 Å². The minimum Gasteiger partial charge on any atom is -0.484 e. The van der Waals surface area contributed by atoms with Crippen molar-refractivity contribution in [2.75, 3.05) is 26.0 Å². The van der Waals surface area contributed by atoms with Gasteiger partial charge in [0.2, 0.25) is 0 Å². The van der Waals surface area contributed by atoms with Gasteiger partial charge in [-0.2, -0.15) is 0 Å². The smallest absolute Gasteiger partial charge is 0.260 e. The summed E-state index contributed by atoms with van der Waals surface area (Å²) >= 11 is 0. The average Bonchev–Trinajstić information content (AvgIpc) is 2.87. The van der Waals surface area contributed by atoms with Gasteiger partial charge in [-0.1, -0.05) is 18.2 Å². The fourth-order valence-electron chi connectivity index (χ4n) is 2.25. The number of carbonyl (C=O) groups excluding carboxylic acids is 1. The van der Waals surface area contributed by atoms with Gasteiger partial charge in [0.1, 0.15) is 5.75 Å². The molecule has 1 atom stereocenters. The van der Waals surface area contributed by atoms with Crippen LogP contribution in [0.4, 0.5) is 0 Å². The maximum absolute atomic E-state index is 12.0. The zero-order valence-electron chi connectivity index (χ0n) is 11.7. The van der Waals surface area contributed by atoms with Crippen molar-refractivity contribution in [3.8, 4) is 5.75 Å². The number of aryl methyl sites for hydroxylation is 1. The molecule has 1 saturated heterocycles. The minimum atomic E-state index is -3.08. The van der Waals surface area contributed by atoms with Crippen LogP contribution in [0.3, 0.4) is 0 Å². The van der Waals surface area contributed by atoms with Crippen LogP contribution in [0.1, 0.15) is 12.0 Å². The number of likely N-dealkylation sites (tertiary alicyclic amines) is 1. The molecule has 1 aliphatic heterocycles. The van der Waals surface area contributed by atoms with Crippen molar-refractivity contribution in [3.63, 3.8) is 0 Å². The number of hydrogen-bond acceptors (Lipinski definition) is 4. The largest absolute Gasteiger partial charge is 0.484 e. The molecule has 1 fully saturated rings. The zero-order chi connectivity index (χ0) is 14.8. The number of sulfone groups is 1. The van der Waals surface area contributed by atoms with Crippen molar-refractivity contribution in [1.82, 2.24) is 4.90 Å². The van der Waals surface area contributed by atoms with E-state index in [2.05, 4.69) is 0 Å². The van der Waals surface area contributed by atoms with Crippen LogP contribution in [-0.2, 0) is 14.6 Å². The highest BCUT2D eigenvalue weighted by Gasteiger charge is 2.32. The van der Waals surface area contributed by atoms with Crippen LogP contribution < -0.4 is 4.74 Å². The minimum absolute atomic E-state index is 0.0542.